The number of carbonyl (C=O) groups is 1. The summed E-state index contributed by atoms with van der Waals surface area (Å²) in [4.78, 5) is 11.9. The van der Waals surface area contributed by atoms with E-state index in [1.54, 1.807) is 0 Å². The molecule has 1 aliphatic rings. The van der Waals surface area contributed by atoms with Crippen molar-refractivity contribution >= 4 is 16.9 Å². The molecule has 0 spiro atoms. The summed E-state index contributed by atoms with van der Waals surface area (Å²) < 4.78 is 5.24. The first-order chi connectivity index (χ1) is 11.2. The molecule has 0 fully saturated rings. The summed E-state index contributed by atoms with van der Waals surface area (Å²) in [5, 5.41) is 16.0. The Hall–Kier alpha value is -2.68. The zero-order valence-electron chi connectivity index (χ0n) is 12.8. The van der Waals surface area contributed by atoms with Gasteiger partial charge in [0.05, 0.1) is 5.69 Å². The lowest BCUT2D eigenvalue weighted by atomic mass is 10.0. The van der Waals surface area contributed by atoms with Gasteiger partial charge in [-0.1, -0.05) is 17.3 Å². The number of benzene rings is 1. The van der Waals surface area contributed by atoms with Gasteiger partial charge >= 0.3 is 0 Å². The van der Waals surface area contributed by atoms with Gasteiger partial charge in [-0.3, -0.25) is 4.79 Å². The van der Waals surface area contributed by atoms with Gasteiger partial charge in [0, 0.05) is 44.0 Å². The number of nitrogens with one attached hydrogen (secondary N) is 1. The minimum absolute atomic E-state index is 0.00446. The molecule has 0 unspecified atom stereocenters. The number of amides is 1. The van der Waals surface area contributed by atoms with E-state index in [9.17, 15) is 4.79 Å². The molecule has 1 amide bonds. The van der Waals surface area contributed by atoms with Crippen molar-refractivity contribution in [3.05, 3.63) is 30.0 Å². The molecule has 6 nitrogen and oxygen atoms in total. The number of fused-ring (bicyclic) bond motifs is 1. The van der Waals surface area contributed by atoms with E-state index in [-0.39, 0.29) is 5.91 Å². The number of hydrogen-bond donors (Lipinski definition) is 1. The van der Waals surface area contributed by atoms with Crippen molar-refractivity contribution in [1.29, 1.82) is 0 Å². The van der Waals surface area contributed by atoms with Crippen molar-refractivity contribution in [1.82, 2.24) is 10.5 Å². The van der Waals surface area contributed by atoms with E-state index < -0.39 is 5.66 Å². The zero-order valence-corrected chi connectivity index (χ0v) is 12.8. The Morgan fingerprint density at radius 1 is 1.30 bits per heavy atom. The molecule has 0 atom stereocenters. The van der Waals surface area contributed by atoms with Gasteiger partial charge in [0.15, 0.2) is 11.2 Å². The van der Waals surface area contributed by atoms with Gasteiger partial charge in [0.1, 0.15) is 0 Å². The largest absolute Gasteiger partial charge is 0.356 e. The molecule has 0 aliphatic carbocycles. The summed E-state index contributed by atoms with van der Waals surface area (Å²) in [6.07, 6.45) is 8.26. The lowest BCUT2D eigenvalue weighted by Crippen LogP contribution is -2.27. The Bertz CT molecular complexity index is 766. The maximum Gasteiger partial charge on any atom is 0.220 e. The van der Waals surface area contributed by atoms with E-state index in [1.165, 1.54) is 0 Å². The molecule has 0 saturated heterocycles. The summed E-state index contributed by atoms with van der Waals surface area (Å²) in [7, 11) is 0. The lowest BCUT2D eigenvalue weighted by molar-refractivity contribution is -0.121. The second-order valence-electron chi connectivity index (χ2n) is 5.61. The molecule has 2 aromatic rings. The van der Waals surface area contributed by atoms with Crippen molar-refractivity contribution in [2.75, 3.05) is 6.54 Å². The molecular formula is C17H18N4O2. The van der Waals surface area contributed by atoms with Gasteiger partial charge in [-0.2, -0.15) is 10.2 Å². The Morgan fingerprint density at radius 3 is 2.91 bits per heavy atom. The summed E-state index contributed by atoms with van der Waals surface area (Å²) in [5.74, 6) is 2.58. The van der Waals surface area contributed by atoms with Crippen LogP contribution in [0, 0.1) is 12.3 Å². The van der Waals surface area contributed by atoms with Gasteiger partial charge in [-0.05, 0) is 12.1 Å². The third-order valence-corrected chi connectivity index (χ3v) is 3.94. The van der Waals surface area contributed by atoms with E-state index in [4.69, 9.17) is 10.9 Å². The van der Waals surface area contributed by atoms with Crippen molar-refractivity contribution in [3.63, 3.8) is 0 Å². The molecular weight excluding hydrogens is 292 g/mol. The summed E-state index contributed by atoms with van der Waals surface area (Å²) >= 11 is 0. The van der Waals surface area contributed by atoms with Gasteiger partial charge in [0.2, 0.25) is 5.91 Å². The summed E-state index contributed by atoms with van der Waals surface area (Å²) in [6, 6.07) is 7.69. The van der Waals surface area contributed by atoms with Crippen LogP contribution in [-0.2, 0) is 11.2 Å². The van der Waals surface area contributed by atoms with E-state index >= 15 is 0 Å². The average molecular weight is 310 g/mol. The first-order valence-corrected chi connectivity index (χ1v) is 7.70. The van der Waals surface area contributed by atoms with Gasteiger partial charge in [-0.25, -0.2) is 0 Å². The maximum atomic E-state index is 11.9. The number of para-hydroxylation sites is 1. The minimum atomic E-state index is -0.397. The molecule has 118 valence electrons. The smallest absolute Gasteiger partial charge is 0.220 e. The van der Waals surface area contributed by atoms with Crippen molar-refractivity contribution in [3.8, 4) is 12.3 Å². The van der Waals surface area contributed by atoms with E-state index in [1.807, 2.05) is 24.3 Å². The number of carbonyl (C=O) groups excluding carboxylic acids is 1. The van der Waals surface area contributed by atoms with Crippen LogP contribution in [0.1, 0.15) is 31.4 Å². The third kappa shape index (κ3) is 3.75. The quantitative estimate of drug-likeness (QED) is 0.761. The fourth-order valence-corrected chi connectivity index (χ4v) is 2.51. The van der Waals surface area contributed by atoms with Gasteiger partial charge in [-0.15, -0.1) is 12.3 Å². The number of aromatic nitrogens is 1. The fraction of sp³-hybridized carbons (Fsp3) is 0.412. The molecule has 0 bridgehead atoms. The molecule has 1 aromatic carbocycles. The summed E-state index contributed by atoms with van der Waals surface area (Å²) in [5.41, 5.74) is 1.23. The van der Waals surface area contributed by atoms with Crippen LogP contribution in [-0.4, -0.2) is 23.3 Å². The van der Waals surface area contributed by atoms with Crippen LogP contribution in [0.5, 0.6) is 0 Å². The SMILES string of the molecule is C#CCCC1(CCC(=O)NCCc2noc3ccccc23)N=N1. The number of hydrogen-bond acceptors (Lipinski definition) is 5. The predicted octanol–water partition coefficient (Wildman–Crippen LogP) is 2.84. The van der Waals surface area contributed by atoms with E-state index in [0.29, 0.717) is 32.2 Å². The topological polar surface area (TPSA) is 79.9 Å². The molecule has 1 N–H and O–H groups in total. The Labute approximate surface area is 134 Å². The van der Waals surface area contributed by atoms with Gasteiger partial charge < -0.3 is 9.84 Å². The first-order valence-electron chi connectivity index (χ1n) is 7.70. The first kappa shape index (κ1) is 15.2. The highest BCUT2D eigenvalue weighted by molar-refractivity contribution is 5.79. The maximum absolute atomic E-state index is 11.9. The summed E-state index contributed by atoms with van der Waals surface area (Å²) in [6.45, 7) is 0.529. The van der Waals surface area contributed by atoms with E-state index in [0.717, 1.165) is 23.1 Å². The standard InChI is InChI=1S/C17H18N4O2/c1-2-3-10-17(20-21-17)11-8-16(22)18-12-9-14-13-6-4-5-7-15(13)23-19-14/h1,4-7H,3,8-12H2,(H,18,22). The molecule has 1 aromatic heterocycles. The Morgan fingerprint density at radius 2 is 2.13 bits per heavy atom. The molecule has 1 aliphatic heterocycles. The molecule has 23 heavy (non-hydrogen) atoms. The van der Waals surface area contributed by atoms with Gasteiger partial charge in [0.25, 0.3) is 0 Å². The molecule has 2 heterocycles. The van der Waals surface area contributed by atoms with Crippen LogP contribution in [0.2, 0.25) is 0 Å². The molecule has 0 saturated carbocycles. The normalized spacial score (nSPS) is 14.6. The second kappa shape index (κ2) is 6.61. The molecule has 3 rings (SSSR count). The monoisotopic (exact) mass is 310 g/mol. The van der Waals surface area contributed by atoms with Crippen LogP contribution < -0.4 is 5.32 Å². The highest BCUT2D eigenvalue weighted by atomic mass is 16.5. The number of terminal acetylenes is 1. The van der Waals surface area contributed by atoms with Crippen LogP contribution in [0.15, 0.2) is 39.0 Å². The van der Waals surface area contributed by atoms with Crippen LogP contribution in [0.3, 0.4) is 0 Å². The highest BCUT2D eigenvalue weighted by Gasteiger charge is 2.39. The van der Waals surface area contributed by atoms with Crippen molar-refractivity contribution in [2.24, 2.45) is 10.2 Å². The lowest BCUT2D eigenvalue weighted by Gasteiger charge is -2.08. The predicted molar refractivity (Wildman–Crippen MR) is 85.6 cm³/mol. The number of rotatable bonds is 8. The molecule has 0 radical (unpaired) electrons. The minimum Gasteiger partial charge on any atom is -0.356 e. The highest BCUT2D eigenvalue weighted by Crippen LogP contribution is 2.37. The second-order valence-corrected chi connectivity index (χ2v) is 5.61. The van der Waals surface area contributed by atoms with Crippen LogP contribution >= 0.6 is 0 Å². The zero-order chi connectivity index (χ0) is 16.1. The van der Waals surface area contributed by atoms with Crippen LogP contribution in [0.4, 0.5) is 0 Å². The van der Waals surface area contributed by atoms with Crippen LogP contribution in [0.25, 0.3) is 11.0 Å². The Balaban J connectivity index is 1.41. The Kier molecular flexibility index (Phi) is 4.38. The average Bonchev–Trinajstić information content (AvgIpc) is 3.24. The third-order valence-electron chi connectivity index (χ3n) is 3.94. The molecule has 6 heteroatoms. The number of nitrogens with zero attached hydrogens (tertiary/aromatic N) is 3. The fourth-order valence-electron chi connectivity index (χ4n) is 2.51. The van der Waals surface area contributed by atoms with E-state index in [2.05, 4.69) is 26.6 Å². The van der Waals surface area contributed by atoms with Crippen molar-refractivity contribution in [2.45, 2.75) is 37.8 Å². The van der Waals surface area contributed by atoms with Crippen molar-refractivity contribution < 1.29 is 9.32 Å².